The number of rotatable bonds is 5. The second-order valence-corrected chi connectivity index (χ2v) is 4.78. The van der Waals surface area contributed by atoms with Gasteiger partial charge in [0.2, 0.25) is 6.29 Å². The molecule has 5 N–H and O–H groups in total. The van der Waals surface area contributed by atoms with Gasteiger partial charge in [-0.05, 0) is 17.7 Å². The summed E-state index contributed by atoms with van der Waals surface area (Å²) in [5.74, 6) is -1.32. The Balaban J connectivity index is 0.00000264. The standard InChI is InChI=1S/C13H17NO8.Na/c15-5-8-9(16)10(17)11(18)13(21-8)22-14-7-3-1-6(2-4-7)12(19)20;/h1-4,8-11,13-18H,5H2,(H,19,20);/q;+1/p-1/t8-,9-,10+,11+,13?;/m1./s1. The molecule has 2 rings (SSSR count). The van der Waals surface area contributed by atoms with Gasteiger partial charge in [0, 0.05) is 0 Å². The Morgan fingerprint density at radius 3 is 2.30 bits per heavy atom. The van der Waals surface area contributed by atoms with E-state index in [-0.39, 0.29) is 35.1 Å². The van der Waals surface area contributed by atoms with Crippen LogP contribution >= 0.6 is 0 Å². The van der Waals surface area contributed by atoms with Crippen molar-refractivity contribution in [1.29, 1.82) is 0 Å². The predicted octanol–water partition coefficient (Wildman–Crippen LogP) is -5.80. The number of carboxylic acid groups (broad SMARTS) is 1. The molecule has 1 aromatic carbocycles. The molecule has 1 unspecified atom stereocenters. The first-order valence-electron chi connectivity index (χ1n) is 6.47. The second-order valence-electron chi connectivity index (χ2n) is 4.78. The third kappa shape index (κ3) is 4.86. The maximum atomic E-state index is 10.6. The summed E-state index contributed by atoms with van der Waals surface area (Å²) in [6.07, 6.45) is -6.96. The number of aromatic carboxylic acids is 1. The van der Waals surface area contributed by atoms with E-state index in [9.17, 15) is 25.2 Å². The largest absolute Gasteiger partial charge is 1.00 e. The Morgan fingerprint density at radius 2 is 1.78 bits per heavy atom. The van der Waals surface area contributed by atoms with Crippen molar-refractivity contribution in [3.63, 3.8) is 0 Å². The van der Waals surface area contributed by atoms with Crippen LogP contribution in [0.25, 0.3) is 0 Å². The summed E-state index contributed by atoms with van der Waals surface area (Å²) in [5, 5.41) is 48.6. The number of anilines is 1. The number of carboxylic acids is 1. The van der Waals surface area contributed by atoms with Crippen LogP contribution in [-0.4, -0.2) is 63.7 Å². The molecule has 5 atom stereocenters. The molecule has 10 heteroatoms. The second kappa shape index (κ2) is 8.92. The molecule has 23 heavy (non-hydrogen) atoms. The van der Waals surface area contributed by atoms with Crippen molar-refractivity contribution in [2.75, 3.05) is 12.1 Å². The molecule has 9 nitrogen and oxygen atoms in total. The van der Waals surface area contributed by atoms with E-state index >= 15 is 0 Å². The van der Waals surface area contributed by atoms with Gasteiger partial charge in [0.15, 0.2) is 0 Å². The molecule has 1 saturated heterocycles. The van der Waals surface area contributed by atoms with Crippen LogP contribution in [0.3, 0.4) is 0 Å². The molecule has 0 radical (unpaired) electrons. The van der Waals surface area contributed by atoms with E-state index in [2.05, 4.69) is 5.48 Å². The number of benzene rings is 1. The van der Waals surface area contributed by atoms with Gasteiger partial charge in [-0.1, -0.05) is 12.1 Å². The molecule has 0 spiro atoms. The summed E-state index contributed by atoms with van der Waals surface area (Å²) in [6, 6.07) is 5.37. The monoisotopic (exact) mass is 337 g/mol. The average molecular weight is 337 g/mol. The van der Waals surface area contributed by atoms with E-state index < -0.39 is 43.3 Å². The van der Waals surface area contributed by atoms with Gasteiger partial charge in [0.25, 0.3) is 0 Å². The van der Waals surface area contributed by atoms with E-state index in [1.165, 1.54) is 24.3 Å². The molecule has 1 aliphatic rings. The minimum absolute atomic E-state index is 0. The van der Waals surface area contributed by atoms with Gasteiger partial charge < -0.3 is 35.1 Å². The smallest absolute Gasteiger partial charge is 0.545 e. The number of nitrogens with one attached hydrogen (secondary N) is 1. The molecular weight excluding hydrogens is 321 g/mol. The molecule has 0 aromatic heterocycles. The summed E-state index contributed by atoms with van der Waals surface area (Å²) in [7, 11) is 0. The summed E-state index contributed by atoms with van der Waals surface area (Å²) in [4.78, 5) is 15.7. The number of ether oxygens (including phenoxy) is 1. The number of hydrogen-bond donors (Lipinski definition) is 5. The number of carbonyl (C=O) groups excluding carboxylic acids is 1. The van der Waals surface area contributed by atoms with Gasteiger partial charge >= 0.3 is 29.6 Å². The van der Waals surface area contributed by atoms with Crippen molar-refractivity contribution in [2.24, 2.45) is 0 Å². The van der Waals surface area contributed by atoms with Crippen molar-refractivity contribution in [3.05, 3.63) is 29.8 Å². The Bertz CT molecular complexity index is 511. The quantitative estimate of drug-likeness (QED) is 0.261. The van der Waals surface area contributed by atoms with Crippen LogP contribution in [0.5, 0.6) is 0 Å². The molecule has 0 saturated carbocycles. The SMILES string of the molecule is O=C([O-])c1ccc(NOC2O[C@H](CO)[C@@H](O)[C@H](O)[C@@H]2O)cc1.[Na+]. The molecule has 0 amide bonds. The summed E-state index contributed by atoms with van der Waals surface area (Å²) in [5.41, 5.74) is 2.77. The zero-order valence-electron chi connectivity index (χ0n) is 12.3. The van der Waals surface area contributed by atoms with Crippen molar-refractivity contribution >= 4 is 11.7 Å². The first-order chi connectivity index (χ1) is 10.4. The fraction of sp³-hybridized carbons (Fsp3) is 0.462. The van der Waals surface area contributed by atoms with E-state index in [4.69, 9.17) is 14.7 Å². The minimum Gasteiger partial charge on any atom is -0.545 e. The summed E-state index contributed by atoms with van der Waals surface area (Å²) in [6.45, 7) is -0.564. The van der Waals surface area contributed by atoms with Crippen LogP contribution in [0.4, 0.5) is 5.69 Å². The molecule has 1 aliphatic heterocycles. The predicted molar refractivity (Wildman–Crippen MR) is 69.2 cm³/mol. The molecule has 1 fully saturated rings. The minimum atomic E-state index is -1.54. The Kier molecular flexibility index (Phi) is 7.87. The Labute approximate surface area is 153 Å². The molecular formula is C13H16NNaO8. The van der Waals surface area contributed by atoms with Crippen LogP contribution in [0.1, 0.15) is 10.4 Å². The summed E-state index contributed by atoms with van der Waals surface area (Å²) < 4.78 is 5.12. The first kappa shape index (κ1) is 20.3. The van der Waals surface area contributed by atoms with E-state index in [1.807, 2.05) is 0 Å². The van der Waals surface area contributed by atoms with Crippen LogP contribution in [0.15, 0.2) is 24.3 Å². The average Bonchev–Trinajstić information content (AvgIpc) is 2.52. The van der Waals surface area contributed by atoms with Gasteiger partial charge in [0.05, 0.1) is 18.3 Å². The number of hydrogen-bond acceptors (Lipinski definition) is 9. The van der Waals surface area contributed by atoms with Crippen molar-refractivity contribution in [2.45, 2.75) is 30.7 Å². The van der Waals surface area contributed by atoms with Gasteiger partial charge in [-0.15, -0.1) is 0 Å². The van der Waals surface area contributed by atoms with Crippen LogP contribution in [-0.2, 0) is 9.57 Å². The number of carbonyl (C=O) groups is 1. The fourth-order valence-electron chi connectivity index (χ4n) is 1.97. The van der Waals surface area contributed by atoms with Crippen molar-refractivity contribution < 1.29 is 69.5 Å². The van der Waals surface area contributed by atoms with Crippen molar-refractivity contribution in [1.82, 2.24) is 0 Å². The van der Waals surface area contributed by atoms with Crippen LogP contribution in [0, 0.1) is 0 Å². The summed E-state index contributed by atoms with van der Waals surface area (Å²) >= 11 is 0. The fourth-order valence-corrected chi connectivity index (χ4v) is 1.97. The molecule has 122 valence electrons. The van der Waals surface area contributed by atoms with E-state index in [0.717, 1.165) is 0 Å². The third-order valence-electron chi connectivity index (χ3n) is 3.26. The third-order valence-corrected chi connectivity index (χ3v) is 3.26. The maximum Gasteiger partial charge on any atom is 1.00 e. The van der Waals surface area contributed by atoms with Crippen LogP contribution < -0.4 is 40.1 Å². The number of aliphatic hydroxyl groups is 4. The normalized spacial score (nSPS) is 30.3. The van der Waals surface area contributed by atoms with Crippen LogP contribution in [0.2, 0.25) is 0 Å². The Hall–Kier alpha value is -0.750. The van der Waals surface area contributed by atoms with Gasteiger partial charge in [-0.25, -0.2) is 4.84 Å². The number of aliphatic hydroxyl groups excluding tert-OH is 4. The van der Waals surface area contributed by atoms with Gasteiger partial charge in [0.1, 0.15) is 24.4 Å². The Morgan fingerprint density at radius 1 is 1.17 bits per heavy atom. The zero-order chi connectivity index (χ0) is 16.3. The molecule has 0 aliphatic carbocycles. The van der Waals surface area contributed by atoms with E-state index in [1.54, 1.807) is 0 Å². The zero-order valence-corrected chi connectivity index (χ0v) is 14.3. The topological polar surface area (TPSA) is 152 Å². The van der Waals surface area contributed by atoms with Crippen molar-refractivity contribution in [3.8, 4) is 0 Å². The molecule has 0 bridgehead atoms. The van der Waals surface area contributed by atoms with Gasteiger partial charge in [-0.3, -0.25) is 5.48 Å². The van der Waals surface area contributed by atoms with E-state index in [0.29, 0.717) is 5.69 Å². The molecule has 1 heterocycles. The first-order valence-corrected chi connectivity index (χ1v) is 6.47. The van der Waals surface area contributed by atoms with Gasteiger partial charge in [-0.2, -0.15) is 0 Å². The maximum absolute atomic E-state index is 10.6. The molecule has 1 aromatic rings.